The van der Waals surface area contributed by atoms with E-state index in [0.717, 1.165) is 28.2 Å². The summed E-state index contributed by atoms with van der Waals surface area (Å²) in [5, 5.41) is 10.0. The van der Waals surface area contributed by atoms with Crippen molar-refractivity contribution >= 4 is 17.9 Å². The summed E-state index contributed by atoms with van der Waals surface area (Å²) < 4.78 is 1.91. The second-order valence-corrected chi connectivity index (χ2v) is 7.52. The molecule has 31 heavy (non-hydrogen) atoms. The average molecular weight is 417 g/mol. The van der Waals surface area contributed by atoms with Crippen molar-refractivity contribution in [1.29, 1.82) is 0 Å². The van der Waals surface area contributed by atoms with Crippen LogP contribution in [0.1, 0.15) is 29.4 Å². The molecule has 0 aliphatic carbocycles. The Bertz CT molecular complexity index is 1050. The fourth-order valence-corrected chi connectivity index (χ4v) is 3.24. The van der Waals surface area contributed by atoms with Crippen LogP contribution < -0.4 is 10.6 Å². The molecule has 160 valence electrons. The Hall–Kier alpha value is -3.67. The van der Waals surface area contributed by atoms with Gasteiger partial charge in [-0.2, -0.15) is 5.10 Å². The molecular formula is C25H28N4O2. The van der Waals surface area contributed by atoms with Crippen molar-refractivity contribution in [3.63, 3.8) is 0 Å². The van der Waals surface area contributed by atoms with Crippen molar-refractivity contribution in [1.82, 2.24) is 20.4 Å². The van der Waals surface area contributed by atoms with Gasteiger partial charge in [-0.1, -0.05) is 42.5 Å². The third-order valence-electron chi connectivity index (χ3n) is 4.88. The first-order chi connectivity index (χ1) is 14.9. The van der Waals surface area contributed by atoms with E-state index in [1.165, 1.54) is 6.08 Å². The number of hydrogen-bond acceptors (Lipinski definition) is 3. The van der Waals surface area contributed by atoms with Crippen LogP contribution in [-0.4, -0.2) is 34.2 Å². The molecule has 0 aliphatic rings. The first-order valence-corrected chi connectivity index (χ1v) is 10.4. The van der Waals surface area contributed by atoms with Gasteiger partial charge in [-0.3, -0.25) is 9.59 Å². The molecule has 1 unspecified atom stereocenters. The van der Waals surface area contributed by atoms with Crippen molar-refractivity contribution in [3.8, 4) is 5.69 Å². The second-order valence-electron chi connectivity index (χ2n) is 7.52. The lowest BCUT2D eigenvalue weighted by atomic mass is 10.1. The normalized spacial score (nSPS) is 12.0. The maximum Gasteiger partial charge on any atom is 0.244 e. The number of carbonyl (C=O) groups excluding carboxylic acids is 2. The Balaban J connectivity index is 1.43. The van der Waals surface area contributed by atoms with Crippen molar-refractivity contribution < 1.29 is 9.59 Å². The van der Waals surface area contributed by atoms with Crippen LogP contribution >= 0.6 is 0 Å². The molecule has 2 aromatic carbocycles. The average Bonchev–Trinajstić information content (AvgIpc) is 3.11. The van der Waals surface area contributed by atoms with Crippen LogP contribution in [0.4, 0.5) is 0 Å². The number of rotatable bonds is 8. The van der Waals surface area contributed by atoms with Gasteiger partial charge in [0.15, 0.2) is 0 Å². The van der Waals surface area contributed by atoms with E-state index in [-0.39, 0.29) is 11.8 Å². The zero-order valence-electron chi connectivity index (χ0n) is 18.1. The van der Waals surface area contributed by atoms with Gasteiger partial charge >= 0.3 is 0 Å². The predicted octanol–water partition coefficient (Wildman–Crippen LogP) is 3.37. The predicted molar refractivity (Wildman–Crippen MR) is 123 cm³/mol. The van der Waals surface area contributed by atoms with Gasteiger partial charge in [0.25, 0.3) is 0 Å². The van der Waals surface area contributed by atoms with Gasteiger partial charge in [0.05, 0.1) is 11.4 Å². The number of nitrogens with one attached hydrogen (secondary N) is 2. The fourth-order valence-electron chi connectivity index (χ4n) is 3.24. The molecule has 1 atom stereocenters. The molecule has 0 spiro atoms. The van der Waals surface area contributed by atoms with Crippen LogP contribution in [0.15, 0.2) is 66.7 Å². The SMILES string of the molecule is Cc1cc(C)n(-c2ccc(CCNC(=O)C(C)NC(=O)/C=C/c3ccccc3)cc2)n1. The van der Waals surface area contributed by atoms with Crippen LogP contribution in [0.3, 0.4) is 0 Å². The minimum Gasteiger partial charge on any atom is -0.354 e. The topological polar surface area (TPSA) is 76.0 Å². The maximum atomic E-state index is 12.3. The Morgan fingerprint density at radius 2 is 1.77 bits per heavy atom. The summed E-state index contributed by atoms with van der Waals surface area (Å²) in [6, 6.07) is 19.1. The van der Waals surface area contributed by atoms with Gasteiger partial charge in [-0.25, -0.2) is 4.68 Å². The molecule has 6 heteroatoms. The van der Waals surface area contributed by atoms with E-state index in [2.05, 4.69) is 15.7 Å². The van der Waals surface area contributed by atoms with E-state index < -0.39 is 6.04 Å². The summed E-state index contributed by atoms with van der Waals surface area (Å²) in [5.74, 6) is -0.507. The van der Waals surface area contributed by atoms with Crippen LogP contribution in [0.5, 0.6) is 0 Å². The van der Waals surface area contributed by atoms with Crippen LogP contribution in [0.25, 0.3) is 11.8 Å². The van der Waals surface area contributed by atoms with E-state index in [9.17, 15) is 9.59 Å². The molecular weight excluding hydrogens is 388 g/mol. The van der Waals surface area contributed by atoms with Crippen molar-refractivity contribution in [3.05, 3.63) is 89.3 Å². The molecule has 0 saturated heterocycles. The number of benzene rings is 2. The summed E-state index contributed by atoms with van der Waals surface area (Å²) in [6.07, 6.45) is 3.86. The molecule has 0 bridgehead atoms. The Kier molecular flexibility index (Phi) is 7.38. The van der Waals surface area contributed by atoms with Crippen LogP contribution in [0.2, 0.25) is 0 Å². The van der Waals surface area contributed by atoms with Gasteiger partial charge in [-0.05, 0) is 62.6 Å². The van der Waals surface area contributed by atoms with Crippen molar-refractivity contribution in [2.24, 2.45) is 0 Å². The van der Waals surface area contributed by atoms with Gasteiger partial charge in [0.1, 0.15) is 6.04 Å². The van der Waals surface area contributed by atoms with Crippen LogP contribution in [-0.2, 0) is 16.0 Å². The number of nitrogens with zero attached hydrogens (tertiary/aromatic N) is 2. The highest BCUT2D eigenvalue weighted by atomic mass is 16.2. The summed E-state index contributed by atoms with van der Waals surface area (Å²) in [4.78, 5) is 24.3. The first kappa shape index (κ1) is 22.0. The monoisotopic (exact) mass is 416 g/mol. The molecule has 2 amide bonds. The lowest BCUT2D eigenvalue weighted by Gasteiger charge is -2.13. The molecule has 2 N–H and O–H groups in total. The second kappa shape index (κ2) is 10.4. The lowest BCUT2D eigenvalue weighted by molar-refractivity contribution is -0.126. The quantitative estimate of drug-likeness (QED) is 0.553. The highest BCUT2D eigenvalue weighted by molar-refractivity contribution is 5.95. The zero-order valence-corrected chi connectivity index (χ0v) is 18.1. The lowest BCUT2D eigenvalue weighted by Crippen LogP contribution is -2.44. The third kappa shape index (κ3) is 6.40. The largest absolute Gasteiger partial charge is 0.354 e. The van der Waals surface area contributed by atoms with Gasteiger partial charge in [0.2, 0.25) is 11.8 Å². The summed E-state index contributed by atoms with van der Waals surface area (Å²) in [5.41, 5.74) is 5.14. The molecule has 0 fully saturated rings. The minimum atomic E-state index is -0.610. The number of aromatic nitrogens is 2. The highest BCUT2D eigenvalue weighted by Crippen LogP contribution is 2.13. The highest BCUT2D eigenvalue weighted by Gasteiger charge is 2.13. The molecule has 6 nitrogen and oxygen atoms in total. The van der Waals surface area contributed by atoms with Gasteiger partial charge in [-0.15, -0.1) is 0 Å². The van der Waals surface area contributed by atoms with E-state index in [0.29, 0.717) is 13.0 Å². The fraction of sp³-hybridized carbons (Fsp3) is 0.240. The standard InChI is InChI=1S/C25H28N4O2/c1-18-17-19(2)29(28-18)23-12-9-22(10-13-23)15-16-26-25(31)20(3)27-24(30)14-11-21-7-5-4-6-8-21/h4-14,17,20H,15-16H2,1-3H3,(H,26,31)(H,27,30)/b14-11+. The molecule has 1 heterocycles. The number of carbonyl (C=O) groups is 2. The summed E-state index contributed by atoms with van der Waals surface area (Å²) >= 11 is 0. The molecule has 3 aromatic rings. The summed E-state index contributed by atoms with van der Waals surface area (Å²) in [6.45, 7) is 6.18. The minimum absolute atomic E-state index is 0.208. The first-order valence-electron chi connectivity index (χ1n) is 10.4. The van der Waals surface area contributed by atoms with E-state index >= 15 is 0 Å². The smallest absolute Gasteiger partial charge is 0.244 e. The van der Waals surface area contributed by atoms with Crippen LogP contribution in [0, 0.1) is 13.8 Å². The maximum absolute atomic E-state index is 12.3. The van der Waals surface area contributed by atoms with Crippen molar-refractivity contribution in [2.45, 2.75) is 33.2 Å². The van der Waals surface area contributed by atoms with E-state index in [4.69, 9.17) is 0 Å². The zero-order chi connectivity index (χ0) is 22.2. The molecule has 3 rings (SSSR count). The van der Waals surface area contributed by atoms with Crippen molar-refractivity contribution in [2.75, 3.05) is 6.54 Å². The third-order valence-corrected chi connectivity index (χ3v) is 4.88. The molecule has 0 radical (unpaired) electrons. The number of hydrogen-bond donors (Lipinski definition) is 2. The molecule has 1 aromatic heterocycles. The summed E-state index contributed by atoms with van der Waals surface area (Å²) in [7, 11) is 0. The van der Waals surface area contributed by atoms with Gasteiger partial charge in [0, 0.05) is 18.3 Å². The van der Waals surface area contributed by atoms with E-state index in [1.807, 2.05) is 79.2 Å². The Morgan fingerprint density at radius 3 is 2.42 bits per heavy atom. The number of aryl methyl sites for hydroxylation is 2. The molecule has 0 saturated carbocycles. The molecule has 0 aliphatic heterocycles. The van der Waals surface area contributed by atoms with E-state index in [1.54, 1.807) is 13.0 Å². The number of amides is 2. The van der Waals surface area contributed by atoms with Gasteiger partial charge < -0.3 is 10.6 Å². The Morgan fingerprint density at radius 1 is 1.06 bits per heavy atom. The Labute approximate surface area is 183 Å².